The minimum atomic E-state index is -3.38. The van der Waals surface area contributed by atoms with Crippen molar-refractivity contribution in [2.45, 2.75) is 37.9 Å². The molecule has 0 radical (unpaired) electrons. The minimum Gasteiger partial charge on any atom is -0.293 e. The Morgan fingerprint density at radius 2 is 1.80 bits per heavy atom. The molecule has 5 heteroatoms. The zero-order valence-corrected chi connectivity index (χ0v) is 13.1. The molecule has 2 rings (SSSR count). The van der Waals surface area contributed by atoms with Crippen LogP contribution < -0.4 is 0 Å². The van der Waals surface area contributed by atoms with E-state index in [2.05, 4.69) is 0 Å². The van der Waals surface area contributed by atoms with E-state index in [0.717, 1.165) is 25.7 Å². The third-order valence-corrected chi connectivity index (χ3v) is 6.46. The van der Waals surface area contributed by atoms with Crippen LogP contribution in [0.15, 0.2) is 24.3 Å². The van der Waals surface area contributed by atoms with Gasteiger partial charge in [0.25, 0.3) is 0 Å². The lowest BCUT2D eigenvalue weighted by Gasteiger charge is -2.15. The van der Waals surface area contributed by atoms with Crippen LogP contribution >= 0.6 is 11.6 Å². The smallest absolute Gasteiger partial charge is 0.180 e. The van der Waals surface area contributed by atoms with Crippen molar-refractivity contribution in [3.05, 3.63) is 34.9 Å². The second-order valence-electron chi connectivity index (χ2n) is 5.49. The molecule has 0 saturated heterocycles. The van der Waals surface area contributed by atoms with Crippen molar-refractivity contribution in [3.8, 4) is 0 Å². The van der Waals surface area contributed by atoms with Crippen molar-refractivity contribution in [1.82, 2.24) is 0 Å². The summed E-state index contributed by atoms with van der Waals surface area (Å²) in [5, 5.41) is -0.452. The van der Waals surface area contributed by atoms with Gasteiger partial charge in [0.15, 0.2) is 15.6 Å². The number of carbonyl (C=O) groups excluding carboxylic acids is 1. The highest BCUT2D eigenvalue weighted by Gasteiger charge is 2.32. The Morgan fingerprint density at radius 1 is 1.25 bits per heavy atom. The third kappa shape index (κ3) is 3.61. The van der Waals surface area contributed by atoms with Gasteiger partial charge in [-0.05, 0) is 49.9 Å². The number of rotatable bonds is 5. The van der Waals surface area contributed by atoms with Crippen LogP contribution in [0.2, 0.25) is 5.02 Å². The summed E-state index contributed by atoms with van der Waals surface area (Å²) < 4.78 is 24.6. The largest absolute Gasteiger partial charge is 0.293 e. The van der Waals surface area contributed by atoms with Crippen LogP contribution in [0, 0.1) is 5.92 Å². The lowest BCUT2D eigenvalue weighted by Crippen LogP contribution is -2.31. The molecule has 1 saturated carbocycles. The van der Waals surface area contributed by atoms with E-state index < -0.39 is 15.1 Å². The highest BCUT2D eigenvalue weighted by Crippen LogP contribution is 2.27. The monoisotopic (exact) mass is 314 g/mol. The van der Waals surface area contributed by atoms with E-state index in [4.69, 9.17) is 11.6 Å². The van der Waals surface area contributed by atoms with Crippen LogP contribution in [-0.2, 0) is 9.84 Å². The number of hydrogen-bond donors (Lipinski definition) is 0. The standard InChI is InChI=1S/C15H19ClO3S/c1-11(15(17)13-6-8-14(16)9-7-13)20(18,19)10-12-4-2-3-5-12/h6-9,11-12H,2-5,10H2,1H3. The van der Waals surface area contributed by atoms with Crippen molar-refractivity contribution < 1.29 is 13.2 Å². The van der Waals surface area contributed by atoms with Crippen LogP contribution in [0.3, 0.4) is 0 Å². The number of hydrogen-bond acceptors (Lipinski definition) is 3. The van der Waals surface area contributed by atoms with Crippen molar-refractivity contribution in [2.75, 3.05) is 5.75 Å². The molecule has 1 aromatic rings. The Balaban J connectivity index is 2.10. The van der Waals surface area contributed by atoms with Crippen molar-refractivity contribution in [3.63, 3.8) is 0 Å². The molecule has 0 amide bonds. The van der Waals surface area contributed by atoms with Crippen molar-refractivity contribution >= 4 is 27.2 Å². The molecule has 1 aliphatic rings. The number of carbonyl (C=O) groups is 1. The van der Waals surface area contributed by atoms with E-state index in [0.29, 0.717) is 10.6 Å². The number of benzene rings is 1. The molecule has 20 heavy (non-hydrogen) atoms. The van der Waals surface area contributed by atoms with Gasteiger partial charge in [-0.25, -0.2) is 8.42 Å². The molecule has 0 spiro atoms. The van der Waals surface area contributed by atoms with E-state index in [-0.39, 0.29) is 17.5 Å². The molecule has 1 unspecified atom stereocenters. The van der Waals surface area contributed by atoms with Gasteiger partial charge in [0.05, 0.1) is 5.75 Å². The fourth-order valence-electron chi connectivity index (χ4n) is 2.66. The highest BCUT2D eigenvalue weighted by atomic mass is 35.5. The zero-order chi connectivity index (χ0) is 14.8. The van der Waals surface area contributed by atoms with Gasteiger partial charge >= 0.3 is 0 Å². The molecule has 0 heterocycles. The second kappa shape index (κ2) is 6.27. The average Bonchev–Trinajstić information content (AvgIpc) is 2.90. The first kappa shape index (κ1) is 15.5. The summed E-state index contributed by atoms with van der Waals surface area (Å²) in [5.41, 5.74) is 0.400. The number of ketones is 1. The van der Waals surface area contributed by atoms with Gasteiger partial charge in [-0.15, -0.1) is 0 Å². The summed E-state index contributed by atoms with van der Waals surface area (Å²) in [5.74, 6) is 0.00756. The fraction of sp³-hybridized carbons (Fsp3) is 0.533. The van der Waals surface area contributed by atoms with Crippen LogP contribution in [0.25, 0.3) is 0 Å². The van der Waals surface area contributed by atoms with Crippen LogP contribution in [0.1, 0.15) is 43.0 Å². The maximum Gasteiger partial charge on any atom is 0.180 e. The van der Waals surface area contributed by atoms with E-state index in [1.54, 1.807) is 24.3 Å². The lowest BCUT2D eigenvalue weighted by atomic mass is 10.1. The van der Waals surface area contributed by atoms with Gasteiger partial charge in [-0.2, -0.15) is 0 Å². The third-order valence-electron chi connectivity index (χ3n) is 3.98. The summed E-state index contributed by atoms with van der Waals surface area (Å²) in [6.07, 6.45) is 4.11. The van der Waals surface area contributed by atoms with Gasteiger partial charge < -0.3 is 0 Å². The van der Waals surface area contributed by atoms with E-state index in [1.165, 1.54) is 6.92 Å². The fourth-order valence-corrected chi connectivity index (χ4v) is 4.53. The molecule has 110 valence electrons. The second-order valence-corrected chi connectivity index (χ2v) is 8.30. The summed E-state index contributed by atoms with van der Waals surface area (Å²) in [4.78, 5) is 12.3. The van der Waals surface area contributed by atoms with Crippen molar-refractivity contribution in [2.24, 2.45) is 5.92 Å². The molecule has 0 aromatic heterocycles. The van der Waals surface area contributed by atoms with E-state index >= 15 is 0 Å². The molecule has 1 aliphatic carbocycles. The first-order valence-electron chi connectivity index (χ1n) is 6.91. The lowest BCUT2D eigenvalue weighted by molar-refractivity contribution is 0.0991. The Bertz CT molecular complexity index is 572. The highest BCUT2D eigenvalue weighted by molar-refractivity contribution is 7.92. The van der Waals surface area contributed by atoms with Crippen LogP contribution in [0.5, 0.6) is 0 Å². The maximum atomic E-state index is 12.3. The Morgan fingerprint density at radius 3 is 2.35 bits per heavy atom. The number of halogens is 1. The molecule has 1 aromatic carbocycles. The van der Waals surface area contributed by atoms with Gasteiger partial charge in [0.2, 0.25) is 0 Å². The average molecular weight is 315 g/mol. The SMILES string of the molecule is CC(C(=O)c1ccc(Cl)cc1)S(=O)(=O)CC1CCCC1. The Hall–Kier alpha value is -0.870. The molecular formula is C15H19ClO3S. The molecule has 1 atom stereocenters. The minimum absolute atomic E-state index is 0.132. The predicted molar refractivity (Wildman–Crippen MR) is 81.0 cm³/mol. The topological polar surface area (TPSA) is 51.2 Å². The van der Waals surface area contributed by atoms with Crippen LogP contribution in [-0.4, -0.2) is 25.2 Å². The van der Waals surface area contributed by atoms with Gasteiger partial charge in [-0.1, -0.05) is 24.4 Å². The molecule has 1 fully saturated rings. The quantitative estimate of drug-likeness (QED) is 0.781. The number of sulfone groups is 1. The molecule has 0 aliphatic heterocycles. The number of Topliss-reactive ketones (excluding diaryl/α,β-unsaturated/α-hetero) is 1. The van der Waals surface area contributed by atoms with E-state index in [9.17, 15) is 13.2 Å². The first-order valence-corrected chi connectivity index (χ1v) is 9.01. The molecule has 3 nitrogen and oxygen atoms in total. The summed E-state index contributed by atoms with van der Waals surface area (Å²) in [7, 11) is -3.38. The van der Waals surface area contributed by atoms with Crippen LogP contribution in [0.4, 0.5) is 0 Å². The molecule has 0 N–H and O–H groups in total. The summed E-state index contributed by atoms with van der Waals surface area (Å²) >= 11 is 5.77. The first-order chi connectivity index (χ1) is 9.40. The van der Waals surface area contributed by atoms with Gasteiger partial charge in [0, 0.05) is 10.6 Å². The van der Waals surface area contributed by atoms with E-state index in [1.807, 2.05) is 0 Å². The predicted octanol–water partition coefficient (Wildman–Crippen LogP) is 3.52. The summed E-state index contributed by atoms with van der Waals surface area (Å²) in [6, 6.07) is 6.36. The summed E-state index contributed by atoms with van der Waals surface area (Å²) in [6.45, 7) is 1.49. The van der Waals surface area contributed by atoms with Crippen molar-refractivity contribution in [1.29, 1.82) is 0 Å². The Labute approximate surface area is 125 Å². The zero-order valence-electron chi connectivity index (χ0n) is 11.5. The Kier molecular flexibility index (Phi) is 4.86. The maximum absolute atomic E-state index is 12.3. The normalized spacial score (nSPS) is 18.1. The van der Waals surface area contributed by atoms with Gasteiger partial charge in [0.1, 0.15) is 5.25 Å². The molecular weight excluding hydrogens is 296 g/mol. The molecule has 0 bridgehead atoms. The van der Waals surface area contributed by atoms with Gasteiger partial charge in [-0.3, -0.25) is 4.79 Å².